The first-order chi connectivity index (χ1) is 7.36. The van der Waals surface area contributed by atoms with Crippen molar-refractivity contribution in [2.45, 2.75) is 19.8 Å². The molecule has 2 nitrogen and oxygen atoms in total. The van der Waals surface area contributed by atoms with Crippen molar-refractivity contribution in [3.63, 3.8) is 0 Å². The lowest BCUT2D eigenvalue weighted by Crippen LogP contribution is -2.20. The van der Waals surface area contributed by atoms with E-state index in [4.69, 9.17) is 0 Å². The number of hydrogen-bond donors (Lipinski definition) is 0. The minimum Gasteiger partial charge on any atom is -0.299 e. The first-order valence-corrected chi connectivity index (χ1v) is 4.50. The summed E-state index contributed by atoms with van der Waals surface area (Å²) in [4.78, 5) is 22.2. The normalized spacial score (nSPS) is 10.6. The van der Waals surface area contributed by atoms with Gasteiger partial charge in [0.05, 0.1) is 0 Å². The zero-order chi connectivity index (χ0) is 12.5. The van der Waals surface area contributed by atoms with E-state index in [0.29, 0.717) is 12.1 Å². The van der Waals surface area contributed by atoms with E-state index in [0.717, 1.165) is 13.8 Å². The van der Waals surface area contributed by atoms with Gasteiger partial charge in [0.2, 0.25) is 0 Å². The van der Waals surface area contributed by atoms with Crippen molar-refractivity contribution in [2.24, 2.45) is 0 Å². The van der Waals surface area contributed by atoms with Crippen LogP contribution in [0, 0.1) is 17.5 Å². The Labute approximate surface area is 90.1 Å². The minimum absolute atomic E-state index is 0.603. The zero-order valence-electron chi connectivity index (χ0n) is 8.68. The largest absolute Gasteiger partial charge is 0.299 e. The van der Waals surface area contributed by atoms with Crippen molar-refractivity contribution in [2.75, 3.05) is 0 Å². The molecule has 86 valence electrons. The summed E-state index contributed by atoms with van der Waals surface area (Å²) >= 11 is 0. The average Bonchev–Trinajstić information content (AvgIpc) is 2.17. The molecule has 0 N–H and O–H groups in total. The highest BCUT2D eigenvalue weighted by atomic mass is 19.2. The van der Waals surface area contributed by atoms with Crippen LogP contribution in [-0.2, 0) is 9.59 Å². The molecule has 1 aromatic carbocycles. The van der Waals surface area contributed by atoms with Gasteiger partial charge in [-0.3, -0.25) is 9.59 Å². The molecule has 0 saturated heterocycles. The second-order valence-corrected chi connectivity index (χ2v) is 3.41. The smallest absolute Gasteiger partial charge is 0.166 e. The van der Waals surface area contributed by atoms with Gasteiger partial charge in [-0.2, -0.15) is 0 Å². The van der Waals surface area contributed by atoms with Gasteiger partial charge in [-0.25, -0.2) is 13.2 Å². The molecule has 0 amide bonds. The fourth-order valence-electron chi connectivity index (χ4n) is 1.50. The Morgan fingerprint density at radius 3 is 1.88 bits per heavy atom. The van der Waals surface area contributed by atoms with Gasteiger partial charge in [0.1, 0.15) is 23.3 Å². The van der Waals surface area contributed by atoms with Crippen LogP contribution in [0.15, 0.2) is 12.1 Å². The standard InChI is InChI=1S/C11H9F3O2/c1-5(15)9(6(2)16)10-7(12)3-4-8(13)11(10)14/h3-4,9H,1-2H3. The lowest BCUT2D eigenvalue weighted by atomic mass is 9.91. The van der Waals surface area contributed by atoms with Gasteiger partial charge in [0, 0.05) is 5.56 Å². The van der Waals surface area contributed by atoms with Crippen LogP contribution in [0.1, 0.15) is 25.3 Å². The van der Waals surface area contributed by atoms with E-state index < -0.39 is 40.5 Å². The van der Waals surface area contributed by atoms with Crippen LogP contribution < -0.4 is 0 Å². The molecular formula is C11H9F3O2. The highest BCUT2D eigenvalue weighted by molar-refractivity contribution is 6.05. The van der Waals surface area contributed by atoms with E-state index >= 15 is 0 Å². The van der Waals surface area contributed by atoms with Gasteiger partial charge in [0.25, 0.3) is 0 Å². The number of benzene rings is 1. The first kappa shape index (κ1) is 12.4. The molecule has 0 spiro atoms. The molecule has 0 bridgehead atoms. The molecule has 0 aliphatic heterocycles. The Bertz CT molecular complexity index is 441. The number of ketones is 2. The van der Waals surface area contributed by atoms with Gasteiger partial charge >= 0.3 is 0 Å². The number of Topliss-reactive ketones (excluding diaryl/α,β-unsaturated/α-hetero) is 2. The number of halogens is 3. The molecule has 0 radical (unpaired) electrons. The number of hydrogen-bond acceptors (Lipinski definition) is 2. The monoisotopic (exact) mass is 230 g/mol. The summed E-state index contributed by atoms with van der Waals surface area (Å²) in [6.45, 7) is 2.05. The summed E-state index contributed by atoms with van der Waals surface area (Å²) in [6.07, 6.45) is 0. The maximum atomic E-state index is 13.3. The van der Waals surface area contributed by atoms with Crippen molar-refractivity contribution >= 4 is 11.6 Å². The Hall–Kier alpha value is -1.65. The molecule has 16 heavy (non-hydrogen) atoms. The third-order valence-electron chi connectivity index (χ3n) is 2.18. The summed E-state index contributed by atoms with van der Waals surface area (Å²) in [5, 5.41) is 0. The minimum atomic E-state index is -1.59. The maximum Gasteiger partial charge on any atom is 0.166 e. The summed E-state index contributed by atoms with van der Waals surface area (Å²) in [5.41, 5.74) is -0.819. The number of carbonyl (C=O) groups excluding carboxylic acids is 2. The third kappa shape index (κ3) is 2.13. The average molecular weight is 230 g/mol. The second kappa shape index (κ2) is 4.47. The van der Waals surface area contributed by atoms with Crippen LogP contribution in [0.4, 0.5) is 13.2 Å². The second-order valence-electron chi connectivity index (χ2n) is 3.41. The van der Waals surface area contributed by atoms with E-state index in [9.17, 15) is 22.8 Å². The predicted molar refractivity (Wildman–Crippen MR) is 50.4 cm³/mol. The first-order valence-electron chi connectivity index (χ1n) is 4.50. The molecule has 0 heterocycles. The number of rotatable bonds is 3. The highest BCUT2D eigenvalue weighted by Gasteiger charge is 2.29. The van der Waals surface area contributed by atoms with E-state index in [1.807, 2.05) is 0 Å². The van der Waals surface area contributed by atoms with Gasteiger partial charge in [0.15, 0.2) is 11.6 Å². The van der Waals surface area contributed by atoms with Crippen molar-refractivity contribution in [3.8, 4) is 0 Å². The van der Waals surface area contributed by atoms with Crippen molar-refractivity contribution in [1.82, 2.24) is 0 Å². The highest BCUT2D eigenvalue weighted by Crippen LogP contribution is 2.26. The molecule has 1 aromatic rings. The van der Waals surface area contributed by atoms with E-state index in [-0.39, 0.29) is 0 Å². The van der Waals surface area contributed by atoms with Crippen molar-refractivity contribution in [1.29, 1.82) is 0 Å². The van der Waals surface area contributed by atoms with Crippen LogP contribution in [-0.4, -0.2) is 11.6 Å². The Morgan fingerprint density at radius 1 is 1.00 bits per heavy atom. The van der Waals surface area contributed by atoms with E-state index in [2.05, 4.69) is 0 Å². The fraction of sp³-hybridized carbons (Fsp3) is 0.273. The quantitative estimate of drug-likeness (QED) is 0.590. The predicted octanol–water partition coefficient (Wildman–Crippen LogP) is 2.37. The van der Waals surface area contributed by atoms with E-state index in [1.165, 1.54) is 0 Å². The topological polar surface area (TPSA) is 34.1 Å². The van der Waals surface area contributed by atoms with Gasteiger partial charge in [-0.1, -0.05) is 0 Å². The SMILES string of the molecule is CC(=O)C(C(C)=O)c1c(F)ccc(F)c1F. The van der Waals surface area contributed by atoms with Crippen LogP contribution in [0.2, 0.25) is 0 Å². The summed E-state index contributed by atoms with van der Waals surface area (Å²) in [6, 6.07) is 1.29. The molecule has 5 heteroatoms. The lowest BCUT2D eigenvalue weighted by Gasteiger charge is -2.12. The fourth-order valence-corrected chi connectivity index (χ4v) is 1.50. The molecule has 0 atom stereocenters. The molecule has 0 aliphatic rings. The Kier molecular flexibility index (Phi) is 3.47. The third-order valence-corrected chi connectivity index (χ3v) is 2.18. The van der Waals surface area contributed by atoms with Crippen molar-refractivity contribution in [3.05, 3.63) is 35.1 Å². The van der Waals surface area contributed by atoms with Crippen LogP contribution in [0.3, 0.4) is 0 Å². The van der Waals surface area contributed by atoms with Crippen LogP contribution >= 0.6 is 0 Å². The number of carbonyl (C=O) groups is 2. The molecule has 0 unspecified atom stereocenters. The zero-order valence-corrected chi connectivity index (χ0v) is 8.68. The van der Waals surface area contributed by atoms with Crippen LogP contribution in [0.5, 0.6) is 0 Å². The summed E-state index contributed by atoms with van der Waals surface area (Å²) < 4.78 is 39.5. The van der Waals surface area contributed by atoms with Gasteiger partial charge in [-0.15, -0.1) is 0 Å². The summed E-state index contributed by atoms with van der Waals surface area (Å²) in [7, 11) is 0. The Morgan fingerprint density at radius 2 is 1.44 bits per heavy atom. The van der Waals surface area contributed by atoms with Gasteiger partial charge < -0.3 is 0 Å². The molecular weight excluding hydrogens is 221 g/mol. The molecule has 0 aliphatic carbocycles. The molecule has 0 aromatic heterocycles. The summed E-state index contributed by atoms with van der Waals surface area (Å²) in [5.74, 6) is -6.92. The Balaban J connectivity index is 3.46. The van der Waals surface area contributed by atoms with Crippen molar-refractivity contribution < 1.29 is 22.8 Å². The van der Waals surface area contributed by atoms with Gasteiger partial charge in [-0.05, 0) is 26.0 Å². The lowest BCUT2D eigenvalue weighted by molar-refractivity contribution is -0.127. The van der Waals surface area contributed by atoms with E-state index in [1.54, 1.807) is 0 Å². The van der Waals surface area contributed by atoms with Crippen LogP contribution in [0.25, 0.3) is 0 Å². The molecule has 0 fully saturated rings. The molecule has 0 saturated carbocycles. The molecule has 1 rings (SSSR count). The maximum absolute atomic E-state index is 13.3.